The van der Waals surface area contributed by atoms with E-state index < -0.39 is 0 Å². The van der Waals surface area contributed by atoms with Crippen molar-refractivity contribution in [2.75, 3.05) is 42.1 Å². The van der Waals surface area contributed by atoms with Gasteiger partial charge in [-0.15, -0.1) is 0 Å². The highest BCUT2D eigenvalue weighted by molar-refractivity contribution is 5.99. The molecule has 0 heterocycles. The van der Waals surface area contributed by atoms with Crippen LogP contribution in [-0.2, 0) is 6.42 Å². The summed E-state index contributed by atoms with van der Waals surface area (Å²) >= 11 is 0. The number of ether oxygens (including phenoxy) is 5. The number of benzene rings is 2. The third-order valence-electron chi connectivity index (χ3n) is 4.08. The average Bonchev–Trinajstić information content (AvgIpc) is 2.71. The molecule has 7 heteroatoms. The normalized spacial score (nSPS) is 10.1. The summed E-state index contributed by atoms with van der Waals surface area (Å²) in [5.41, 5.74) is 1.31. The molecule has 0 fully saturated rings. The number of carbonyl (C=O) groups is 1. The summed E-state index contributed by atoms with van der Waals surface area (Å²) in [6.07, 6.45) is 0.583. The molecule has 1 amide bonds. The van der Waals surface area contributed by atoms with Crippen molar-refractivity contribution >= 4 is 5.91 Å². The van der Waals surface area contributed by atoms with Gasteiger partial charge in [0.25, 0.3) is 5.91 Å². The smallest absolute Gasteiger partial charge is 0.258 e. The third kappa shape index (κ3) is 4.55. The van der Waals surface area contributed by atoms with Gasteiger partial charge in [-0.25, -0.2) is 0 Å². The van der Waals surface area contributed by atoms with Gasteiger partial charge in [-0.1, -0.05) is 6.07 Å². The molecule has 0 aliphatic rings. The highest BCUT2D eigenvalue weighted by Gasteiger charge is 2.18. The molecule has 0 aliphatic carbocycles. The second-order valence-corrected chi connectivity index (χ2v) is 5.58. The van der Waals surface area contributed by atoms with E-state index in [9.17, 15) is 4.79 Å². The predicted molar refractivity (Wildman–Crippen MR) is 102 cm³/mol. The lowest BCUT2D eigenvalue weighted by Crippen LogP contribution is -2.26. The molecule has 1 N–H and O–H groups in total. The Labute approximate surface area is 159 Å². The van der Waals surface area contributed by atoms with E-state index in [1.165, 1.54) is 14.2 Å². The zero-order valence-electron chi connectivity index (χ0n) is 16.3. The Bertz CT molecular complexity index is 743. The minimum atomic E-state index is -0.267. The van der Waals surface area contributed by atoms with Crippen molar-refractivity contribution in [3.05, 3.63) is 41.5 Å². The maximum absolute atomic E-state index is 12.6. The number of amides is 1. The fraction of sp³-hybridized carbons (Fsp3) is 0.350. The molecule has 0 saturated carbocycles. The molecule has 0 aliphatic heterocycles. The van der Waals surface area contributed by atoms with Crippen LogP contribution >= 0.6 is 0 Å². The minimum absolute atomic E-state index is 0.267. The lowest BCUT2D eigenvalue weighted by Gasteiger charge is -2.15. The van der Waals surface area contributed by atoms with E-state index in [0.717, 1.165) is 5.56 Å². The number of methoxy groups -OCH3 is 5. The quantitative estimate of drug-likeness (QED) is 0.726. The summed E-state index contributed by atoms with van der Waals surface area (Å²) in [5, 5.41) is 2.89. The fourth-order valence-corrected chi connectivity index (χ4v) is 2.76. The van der Waals surface area contributed by atoms with Crippen LogP contribution in [0.25, 0.3) is 0 Å². The molecule has 27 heavy (non-hydrogen) atoms. The van der Waals surface area contributed by atoms with Crippen LogP contribution in [0.2, 0.25) is 0 Å². The highest BCUT2D eigenvalue weighted by Crippen LogP contribution is 2.38. The number of nitrogens with one attached hydrogen (secondary N) is 1. The van der Waals surface area contributed by atoms with Crippen molar-refractivity contribution < 1.29 is 28.5 Å². The standard InChI is InChI=1S/C20H25NO6/c1-23-14-7-6-8-15(24-2)18(14)20(22)21-10-9-13-11-16(25-3)19(27-5)17(12-13)26-4/h6-8,11-12H,9-10H2,1-5H3,(H,21,22). The van der Waals surface area contributed by atoms with Gasteiger partial charge in [0, 0.05) is 6.54 Å². The van der Waals surface area contributed by atoms with Gasteiger partial charge in [0.1, 0.15) is 17.1 Å². The largest absolute Gasteiger partial charge is 0.496 e. The average molecular weight is 375 g/mol. The Hall–Kier alpha value is -3.09. The van der Waals surface area contributed by atoms with E-state index in [2.05, 4.69) is 5.32 Å². The monoisotopic (exact) mass is 375 g/mol. The van der Waals surface area contributed by atoms with E-state index >= 15 is 0 Å². The van der Waals surface area contributed by atoms with Crippen LogP contribution < -0.4 is 29.0 Å². The lowest BCUT2D eigenvalue weighted by molar-refractivity contribution is 0.0948. The Morgan fingerprint density at radius 1 is 0.815 bits per heavy atom. The lowest BCUT2D eigenvalue weighted by atomic mass is 10.1. The van der Waals surface area contributed by atoms with Gasteiger partial charge in [0.2, 0.25) is 5.75 Å². The van der Waals surface area contributed by atoms with E-state index in [1.807, 2.05) is 12.1 Å². The minimum Gasteiger partial charge on any atom is -0.496 e. The van der Waals surface area contributed by atoms with Gasteiger partial charge in [-0.05, 0) is 36.2 Å². The van der Waals surface area contributed by atoms with Gasteiger partial charge >= 0.3 is 0 Å². The number of carbonyl (C=O) groups excluding carboxylic acids is 1. The van der Waals surface area contributed by atoms with Gasteiger partial charge < -0.3 is 29.0 Å². The molecule has 0 radical (unpaired) electrons. The Morgan fingerprint density at radius 3 is 1.78 bits per heavy atom. The van der Waals surface area contributed by atoms with E-state index in [-0.39, 0.29) is 5.91 Å². The number of hydrogen-bond acceptors (Lipinski definition) is 6. The summed E-state index contributed by atoms with van der Waals surface area (Å²) < 4.78 is 26.6. The van der Waals surface area contributed by atoms with Crippen LogP contribution in [0.15, 0.2) is 30.3 Å². The van der Waals surface area contributed by atoms with Gasteiger partial charge in [0.15, 0.2) is 11.5 Å². The van der Waals surface area contributed by atoms with Crippen molar-refractivity contribution in [3.8, 4) is 28.7 Å². The van der Waals surface area contributed by atoms with Crippen LogP contribution in [0.1, 0.15) is 15.9 Å². The van der Waals surface area contributed by atoms with Crippen molar-refractivity contribution in [2.45, 2.75) is 6.42 Å². The molecule has 146 valence electrons. The topological polar surface area (TPSA) is 75.3 Å². The summed E-state index contributed by atoms with van der Waals surface area (Å²) in [6, 6.07) is 8.92. The number of hydrogen-bond donors (Lipinski definition) is 1. The first-order chi connectivity index (χ1) is 13.1. The molecule has 0 atom stereocenters. The zero-order chi connectivity index (χ0) is 19.8. The predicted octanol–water partition coefficient (Wildman–Crippen LogP) is 2.70. The summed E-state index contributed by atoms with van der Waals surface area (Å²) in [5.74, 6) is 2.33. The van der Waals surface area contributed by atoms with E-state index in [4.69, 9.17) is 23.7 Å². The molecule has 2 rings (SSSR count). The molecule has 0 spiro atoms. The molecule has 0 aromatic heterocycles. The van der Waals surface area contributed by atoms with Gasteiger partial charge in [-0.2, -0.15) is 0 Å². The molecule has 2 aromatic rings. The maximum atomic E-state index is 12.6. The summed E-state index contributed by atoms with van der Waals surface area (Å²) in [4.78, 5) is 12.6. The second kappa shape index (κ2) is 9.56. The van der Waals surface area contributed by atoms with Crippen molar-refractivity contribution in [3.63, 3.8) is 0 Å². The molecule has 7 nitrogen and oxygen atoms in total. The second-order valence-electron chi connectivity index (χ2n) is 5.58. The Balaban J connectivity index is 2.12. The van der Waals surface area contributed by atoms with Crippen molar-refractivity contribution in [1.82, 2.24) is 5.32 Å². The first-order valence-electron chi connectivity index (χ1n) is 8.37. The molecular formula is C20H25NO6. The maximum Gasteiger partial charge on any atom is 0.258 e. The first-order valence-corrected chi connectivity index (χ1v) is 8.37. The van der Waals surface area contributed by atoms with Crippen LogP contribution in [0.5, 0.6) is 28.7 Å². The molecule has 2 aromatic carbocycles. The van der Waals surface area contributed by atoms with Crippen LogP contribution in [-0.4, -0.2) is 48.0 Å². The van der Waals surface area contributed by atoms with Crippen molar-refractivity contribution in [1.29, 1.82) is 0 Å². The number of rotatable bonds is 9. The first kappa shape index (κ1) is 20.2. The van der Waals surface area contributed by atoms with E-state index in [1.54, 1.807) is 39.5 Å². The van der Waals surface area contributed by atoms with Crippen LogP contribution in [0.3, 0.4) is 0 Å². The van der Waals surface area contributed by atoms with Crippen LogP contribution in [0.4, 0.5) is 0 Å². The van der Waals surface area contributed by atoms with Crippen LogP contribution in [0, 0.1) is 0 Å². The molecular weight excluding hydrogens is 350 g/mol. The molecule has 0 unspecified atom stereocenters. The van der Waals surface area contributed by atoms with Gasteiger partial charge in [0.05, 0.1) is 35.5 Å². The molecule has 0 saturated heterocycles. The summed E-state index contributed by atoms with van der Waals surface area (Å²) in [7, 11) is 7.72. The zero-order valence-corrected chi connectivity index (χ0v) is 16.3. The molecule has 0 bridgehead atoms. The summed E-state index contributed by atoms with van der Waals surface area (Å²) in [6.45, 7) is 0.415. The highest BCUT2D eigenvalue weighted by atomic mass is 16.5. The fourth-order valence-electron chi connectivity index (χ4n) is 2.76. The third-order valence-corrected chi connectivity index (χ3v) is 4.08. The van der Waals surface area contributed by atoms with E-state index in [0.29, 0.717) is 47.3 Å². The van der Waals surface area contributed by atoms with Crippen molar-refractivity contribution in [2.24, 2.45) is 0 Å². The Kier molecular flexibility index (Phi) is 7.16. The SMILES string of the molecule is COc1cc(CCNC(=O)c2c(OC)cccc2OC)cc(OC)c1OC. The van der Waals surface area contributed by atoms with Gasteiger partial charge in [-0.3, -0.25) is 4.79 Å². The Morgan fingerprint density at radius 2 is 1.33 bits per heavy atom.